The van der Waals surface area contributed by atoms with Crippen LogP contribution < -0.4 is 9.87 Å². The quantitative estimate of drug-likeness (QED) is 0.295. The van der Waals surface area contributed by atoms with Crippen LogP contribution in [0.4, 0.5) is 17.1 Å². The number of nitrogens with one attached hydrogen (secondary N) is 1. The van der Waals surface area contributed by atoms with E-state index in [1.165, 1.54) is 12.5 Å². The van der Waals surface area contributed by atoms with Gasteiger partial charge in [-0.2, -0.15) is 9.88 Å². The lowest BCUT2D eigenvalue weighted by Gasteiger charge is -2.40. The van der Waals surface area contributed by atoms with Gasteiger partial charge in [-0.1, -0.05) is 44.2 Å². The summed E-state index contributed by atoms with van der Waals surface area (Å²) in [5.74, 6) is 0. The predicted octanol–water partition coefficient (Wildman–Crippen LogP) is 6.59. The molecule has 2 aliphatic heterocycles. The van der Waals surface area contributed by atoms with Gasteiger partial charge in [0.1, 0.15) is 5.69 Å². The number of allylic oxidation sites excluding steroid dienone is 2. The molecule has 1 saturated heterocycles. The standard InChI is InChI=1S/C25H30N5O3P/c1-25(2)17-21-24(23(18-25)28-15-9-4-10-16-28)34(33,29(26-21)19-11-5-3-6-12-19)27-20-13-7-8-14-22(20)30(31)32/h3,5-8,11-14H,4,9-10,15-18H2,1-2H3,(H,27,33). The van der Waals surface area contributed by atoms with Gasteiger partial charge >= 0.3 is 7.44 Å². The molecule has 0 radical (unpaired) electrons. The van der Waals surface area contributed by atoms with E-state index in [-0.39, 0.29) is 16.8 Å². The summed E-state index contributed by atoms with van der Waals surface area (Å²) in [7, 11) is -3.59. The van der Waals surface area contributed by atoms with Crippen molar-refractivity contribution in [3.8, 4) is 0 Å². The van der Waals surface area contributed by atoms with Crippen molar-refractivity contribution in [2.75, 3.05) is 23.0 Å². The number of para-hydroxylation sites is 3. The van der Waals surface area contributed by atoms with Gasteiger partial charge in [0, 0.05) is 24.9 Å². The van der Waals surface area contributed by atoms with Crippen LogP contribution in [0.15, 0.2) is 70.7 Å². The molecule has 1 atom stereocenters. The van der Waals surface area contributed by atoms with Crippen LogP contribution in [0.2, 0.25) is 0 Å². The second-order valence-electron chi connectivity index (χ2n) is 9.99. The number of hydrogen-bond acceptors (Lipinski definition) is 5. The third-order valence-corrected chi connectivity index (χ3v) is 9.24. The second-order valence-corrected chi connectivity index (χ2v) is 12.2. The molecule has 2 aromatic carbocycles. The number of nitro benzene ring substituents is 1. The minimum atomic E-state index is -3.59. The number of likely N-dealkylation sites (tertiary alicyclic amines) is 1. The summed E-state index contributed by atoms with van der Waals surface area (Å²) in [6, 6.07) is 15.8. The Morgan fingerprint density at radius 2 is 1.68 bits per heavy atom. The highest BCUT2D eigenvalue weighted by Gasteiger charge is 2.51. The molecule has 34 heavy (non-hydrogen) atoms. The Morgan fingerprint density at radius 1 is 1.00 bits per heavy atom. The summed E-state index contributed by atoms with van der Waals surface area (Å²) < 4.78 is 16.7. The predicted molar refractivity (Wildman–Crippen MR) is 136 cm³/mol. The molecule has 178 valence electrons. The van der Waals surface area contributed by atoms with Gasteiger partial charge in [0.15, 0.2) is 0 Å². The van der Waals surface area contributed by atoms with E-state index in [0.717, 1.165) is 49.1 Å². The zero-order valence-electron chi connectivity index (χ0n) is 19.6. The third kappa shape index (κ3) is 4.00. The number of hydrazone groups is 1. The summed E-state index contributed by atoms with van der Waals surface area (Å²) in [5.41, 5.74) is 2.70. The average Bonchev–Trinajstić information content (AvgIpc) is 3.10. The first kappa shape index (κ1) is 22.7. The maximum Gasteiger partial charge on any atom is 0.313 e. The molecule has 8 nitrogen and oxygen atoms in total. The summed E-state index contributed by atoms with van der Waals surface area (Å²) in [6.45, 7) is 6.31. The van der Waals surface area contributed by atoms with Crippen molar-refractivity contribution in [1.82, 2.24) is 4.90 Å². The first-order valence-corrected chi connectivity index (χ1v) is 13.5. The fraction of sp³-hybridized carbons (Fsp3) is 0.400. The van der Waals surface area contributed by atoms with Gasteiger partial charge in [-0.3, -0.25) is 14.7 Å². The lowest BCUT2D eigenvalue weighted by Crippen LogP contribution is -2.36. The zero-order chi connectivity index (χ0) is 23.9. The van der Waals surface area contributed by atoms with Crippen LogP contribution in [-0.4, -0.2) is 28.6 Å². The molecule has 1 aliphatic carbocycles. The molecule has 9 heteroatoms. The van der Waals surface area contributed by atoms with E-state index in [2.05, 4.69) is 23.8 Å². The number of anilines is 2. The Balaban J connectivity index is 1.71. The SMILES string of the molecule is CC1(C)CC2=NN(c3ccccc3)P(=O)(Nc3ccccc3[N+](=O)[O-])C2=C(N2CCCCC2)C1. The molecule has 0 saturated carbocycles. The van der Waals surface area contributed by atoms with Crippen LogP contribution in [0.25, 0.3) is 0 Å². The topological polar surface area (TPSA) is 91.1 Å². The van der Waals surface area contributed by atoms with Crippen LogP contribution in [-0.2, 0) is 4.57 Å². The molecule has 1 fully saturated rings. The van der Waals surface area contributed by atoms with Crippen molar-refractivity contribution in [3.05, 3.63) is 75.7 Å². The van der Waals surface area contributed by atoms with Gasteiger partial charge < -0.3 is 9.99 Å². The molecular weight excluding hydrogens is 449 g/mol. The van der Waals surface area contributed by atoms with Crippen molar-refractivity contribution >= 4 is 30.2 Å². The van der Waals surface area contributed by atoms with Crippen LogP contribution >= 0.6 is 7.44 Å². The van der Waals surface area contributed by atoms with Crippen LogP contribution in [0, 0.1) is 15.5 Å². The van der Waals surface area contributed by atoms with Gasteiger partial charge in [0.25, 0.3) is 5.69 Å². The number of nitro groups is 1. The Labute approximate surface area is 200 Å². The molecule has 0 spiro atoms. The van der Waals surface area contributed by atoms with Crippen molar-refractivity contribution in [2.24, 2.45) is 10.5 Å². The van der Waals surface area contributed by atoms with Crippen molar-refractivity contribution in [1.29, 1.82) is 0 Å². The van der Waals surface area contributed by atoms with Crippen LogP contribution in [0.3, 0.4) is 0 Å². The number of piperidine rings is 1. The first-order chi connectivity index (χ1) is 16.3. The number of nitrogens with zero attached hydrogens (tertiary/aromatic N) is 4. The highest BCUT2D eigenvalue weighted by Crippen LogP contribution is 2.67. The van der Waals surface area contributed by atoms with E-state index in [9.17, 15) is 10.1 Å². The average molecular weight is 480 g/mol. The maximum atomic E-state index is 15.1. The number of rotatable bonds is 5. The summed E-state index contributed by atoms with van der Waals surface area (Å²) in [5, 5.41) is 20.5. The maximum absolute atomic E-state index is 15.1. The second kappa shape index (κ2) is 8.58. The Kier molecular flexibility index (Phi) is 5.72. The van der Waals surface area contributed by atoms with Gasteiger partial charge in [0.05, 0.1) is 21.6 Å². The molecular formula is C25H30N5O3P. The van der Waals surface area contributed by atoms with E-state index >= 15 is 4.57 Å². The van der Waals surface area contributed by atoms with Gasteiger partial charge in [0.2, 0.25) is 0 Å². The fourth-order valence-corrected chi connectivity index (χ4v) is 7.86. The lowest BCUT2D eigenvalue weighted by molar-refractivity contribution is -0.383. The Hall–Kier alpha value is -3.12. The molecule has 0 aromatic heterocycles. The summed E-state index contributed by atoms with van der Waals surface area (Å²) >= 11 is 0. The molecule has 2 heterocycles. The van der Waals surface area contributed by atoms with Crippen LogP contribution in [0.5, 0.6) is 0 Å². The van der Waals surface area contributed by atoms with E-state index < -0.39 is 12.4 Å². The highest BCUT2D eigenvalue weighted by atomic mass is 31.2. The van der Waals surface area contributed by atoms with E-state index in [0.29, 0.717) is 12.1 Å². The minimum absolute atomic E-state index is 0.0224. The first-order valence-electron chi connectivity index (χ1n) is 11.8. The number of fused-ring (bicyclic) bond motifs is 1. The van der Waals surface area contributed by atoms with E-state index in [4.69, 9.17) is 5.10 Å². The zero-order valence-corrected chi connectivity index (χ0v) is 20.5. The lowest BCUT2D eigenvalue weighted by atomic mass is 9.78. The Morgan fingerprint density at radius 3 is 2.38 bits per heavy atom. The molecule has 0 amide bonds. The summed E-state index contributed by atoms with van der Waals surface area (Å²) in [6.07, 6.45) is 4.91. The fourth-order valence-electron chi connectivity index (χ4n) is 5.21. The largest absolute Gasteiger partial charge is 0.374 e. The van der Waals surface area contributed by atoms with Gasteiger partial charge in [-0.25, -0.2) is 0 Å². The normalized spacial score (nSPS) is 24.0. The number of benzene rings is 2. The molecule has 0 bridgehead atoms. The monoisotopic (exact) mass is 479 g/mol. The van der Waals surface area contributed by atoms with Crippen molar-refractivity contribution in [2.45, 2.75) is 46.0 Å². The van der Waals surface area contributed by atoms with Crippen molar-refractivity contribution < 1.29 is 9.49 Å². The smallest absolute Gasteiger partial charge is 0.313 e. The Bertz CT molecular complexity index is 1220. The molecule has 1 unspecified atom stereocenters. The van der Waals surface area contributed by atoms with E-state index in [1.807, 2.05) is 30.3 Å². The van der Waals surface area contributed by atoms with Gasteiger partial charge in [-0.05, 0) is 55.7 Å². The van der Waals surface area contributed by atoms with Crippen molar-refractivity contribution in [3.63, 3.8) is 0 Å². The van der Waals surface area contributed by atoms with Gasteiger partial charge in [-0.15, -0.1) is 0 Å². The third-order valence-electron chi connectivity index (χ3n) is 6.72. The molecule has 2 aromatic rings. The number of hydrogen-bond donors (Lipinski definition) is 1. The molecule has 1 N–H and O–H groups in total. The summed E-state index contributed by atoms with van der Waals surface area (Å²) in [4.78, 5) is 13.7. The molecule has 3 aliphatic rings. The highest BCUT2D eigenvalue weighted by molar-refractivity contribution is 7.73. The minimum Gasteiger partial charge on any atom is -0.374 e. The molecule has 5 rings (SSSR count). The van der Waals surface area contributed by atoms with E-state index in [1.54, 1.807) is 23.0 Å². The van der Waals surface area contributed by atoms with Crippen LogP contribution in [0.1, 0.15) is 46.0 Å².